The summed E-state index contributed by atoms with van der Waals surface area (Å²) in [6.07, 6.45) is -0.0620. The van der Waals surface area contributed by atoms with Gasteiger partial charge in [0.1, 0.15) is 5.60 Å². The van der Waals surface area contributed by atoms with Crippen LogP contribution in [-0.4, -0.2) is 35.6 Å². The van der Waals surface area contributed by atoms with Crippen molar-refractivity contribution in [1.29, 1.82) is 0 Å². The van der Waals surface area contributed by atoms with E-state index < -0.39 is 11.7 Å². The van der Waals surface area contributed by atoms with Crippen molar-refractivity contribution >= 4 is 12.0 Å². The number of amides is 2. The van der Waals surface area contributed by atoms with Crippen LogP contribution in [0, 0.1) is 16.7 Å². The van der Waals surface area contributed by atoms with Crippen LogP contribution in [-0.2, 0) is 9.53 Å². The molecule has 0 aromatic carbocycles. The Morgan fingerprint density at radius 3 is 1.76 bits per heavy atom. The van der Waals surface area contributed by atoms with Gasteiger partial charge < -0.3 is 15.4 Å². The van der Waals surface area contributed by atoms with Crippen molar-refractivity contribution in [2.75, 3.05) is 13.1 Å². The molecule has 1 atom stereocenters. The van der Waals surface area contributed by atoms with Gasteiger partial charge in [0.15, 0.2) is 0 Å². The third-order valence-electron chi connectivity index (χ3n) is 3.87. The van der Waals surface area contributed by atoms with Crippen LogP contribution >= 0.6 is 0 Å². The molecule has 0 radical (unpaired) electrons. The molecule has 1 aliphatic rings. The predicted octanol–water partition coefficient (Wildman–Crippen LogP) is 4.83. The van der Waals surface area contributed by atoms with Crippen molar-refractivity contribution in [3.8, 4) is 0 Å². The van der Waals surface area contributed by atoms with E-state index in [1.807, 2.05) is 18.7 Å². The number of ether oxygens (including phenoxy) is 1. The van der Waals surface area contributed by atoms with Crippen LogP contribution in [0.1, 0.15) is 82.6 Å². The number of hydrogen-bond acceptors (Lipinski definition) is 3. The van der Waals surface area contributed by atoms with Gasteiger partial charge in [0.05, 0.1) is 0 Å². The van der Waals surface area contributed by atoms with Gasteiger partial charge in [-0.25, -0.2) is 4.79 Å². The first-order chi connectivity index (χ1) is 11.0. The van der Waals surface area contributed by atoms with Gasteiger partial charge in [-0.1, -0.05) is 55.4 Å². The number of primary amides is 1. The highest BCUT2D eigenvalue weighted by Crippen LogP contribution is 2.35. The Morgan fingerprint density at radius 1 is 1.12 bits per heavy atom. The largest absolute Gasteiger partial charge is 0.444 e. The zero-order valence-corrected chi connectivity index (χ0v) is 18.4. The molecule has 2 amide bonds. The predicted molar refractivity (Wildman–Crippen MR) is 105 cm³/mol. The van der Waals surface area contributed by atoms with Gasteiger partial charge in [0, 0.05) is 19.5 Å². The SMILES string of the molecule is CC.CC(C)(C)OC(N)=O.CC1CN(C(=O)CC(C)(C)C)CC1(C)C. The van der Waals surface area contributed by atoms with Gasteiger partial charge >= 0.3 is 6.09 Å². The van der Waals surface area contributed by atoms with Crippen molar-refractivity contribution in [1.82, 2.24) is 4.90 Å². The molecule has 0 spiro atoms. The number of nitrogens with zero attached hydrogens (tertiary/aromatic N) is 1. The first-order valence-electron chi connectivity index (χ1n) is 9.30. The van der Waals surface area contributed by atoms with E-state index in [2.05, 4.69) is 46.3 Å². The van der Waals surface area contributed by atoms with Crippen LogP contribution in [0.3, 0.4) is 0 Å². The minimum atomic E-state index is -0.725. The van der Waals surface area contributed by atoms with Crippen LogP contribution in [0.15, 0.2) is 0 Å². The third kappa shape index (κ3) is 12.7. The smallest absolute Gasteiger partial charge is 0.405 e. The van der Waals surface area contributed by atoms with Crippen LogP contribution < -0.4 is 5.73 Å². The number of nitrogens with two attached hydrogens (primary N) is 1. The second-order valence-electron chi connectivity index (χ2n) is 9.43. The fourth-order valence-corrected chi connectivity index (χ4v) is 2.35. The molecule has 0 aromatic rings. The van der Waals surface area contributed by atoms with Crippen molar-refractivity contribution in [2.45, 2.75) is 88.2 Å². The number of carbonyl (C=O) groups is 2. The highest BCUT2D eigenvalue weighted by Gasteiger charge is 2.38. The van der Waals surface area contributed by atoms with E-state index in [1.54, 1.807) is 20.8 Å². The topological polar surface area (TPSA) is 72.6 Å². The average molecular weight is 359 g/mol. The molecule has 2 N–H and O–H groups in total. The van der Waals surface area contributed by atoms with Gasteiger partial charge in [0.2, 0.25) is 5.91 Å². The molecule has 0 bridgehead atoms. The minimum Gasteiger partial charge on any atom is -0.444 e. The fraction of sp³-hybridized carbons (Fsp3) is 0.900. The van der Waals surface area contributed by atoms with E-state index in [1.165, 1.54) is 0 Å². The molecule has 1 heterocycles. The zero-order chi connectivity index (χ0) is 20.6. The van der Waals surface area contributed by atoms with Gasteiger partial charge in [0.25, 0.3) is 0 Å². The Morgan fingerprint density at radius 2 is 1.56 bits per heavy atom. The lowest BCUT2D eigenvalue weighted by Crippen LogP contribution is -2.32. The highest BCUT2D eigenvalue weighted by molar-refractivity contribution is 5.77. The monoisotopic (exact) mass is 358 g/mol. The lowest BCUT2D eigenvalue weighted by molar-refractivity contribution is -0.132. The summed E-state index contributed by atoms with van der Waals surface area (Å²) < 4.78 is 4.58. The molecule has 0 aromatic heterocycles. The number of hydrogen-bond donors (Lipinski definition) is 1. The molecule has 5 heteroatoms. The Hall–Kier alpha value is -1.26. The average Bonchev–Trinajstić information content (AvgIpc) is 2.62. The minimum absolute atomic E-state index is 0.104. The highest BCUT2D eigenvalue weighted by atomic mass is 16.6. The summed E-state index contributed by atoms with van der Waals surface area (Å²) >= 11 is 0. The van der Waals surface area contributed by atoms with E-state index >= 15 is 0 Å². The molecule has 1 fully saturated rings. The van der Waals surface area contributed by atoms with E-state index in [4.69, 9.17) is 5.73 Å². The number of likely N-dealkylation sites (tertiary alicyclic amines) is 1. The quantitative estimate of drug-likeness (QED) is 0.729. The van der Waals surface area contributed by atoms with Crippen molar-refractivity contribution < 1.29 is 14.3 Å². The standard InChI is InChI=1S/C13H25NO.C5H11NO2.C2H6/c1-10-8-14(9-13(10,5)6)11(15)7-12(2,3)4;1-5(2,3)8-4(6)7;1-2/h10H,7-9H2,1-6H3;1-3H3,(H2,6,7);1-2H3. The van der Waals surface area contributed by atoms with E-state index in [0.717, 1.165) is 13.1 Å². The van der Waals surface area contributed by atoms with E-state index in [-0.39, 0.29) is 10.8 Å². The van der Waals surface area contributed by atoms with Gasteiger partial charge in [-0.15, -0.1) is 0 Å². The summed E-state index contributed by atoms with van der Waals surface area (Å²) in [6, 6.07) is 0. The van der Waals surface area contributed by atoms with Crippen molar-refractivity contribution in [3.63, 3.8) is 0 Å². The van der Waals surface area contributed by atoms with Crippen molar-refractivity contribution in [3.05, 3.63) is 0 Å². The zero-order valence-electron chi connectivity index (χ0n) is 18.4. The van der Waals surface area contributed by atoms with E-state index in [0.29, 0.717) is 18.2 Å². The summed E-state index contributed by atoms with van der Waals surface area (Å²) in [7, 11) is 0. The summed E-state index contributed by atoms with van der Waals surface area (Å²) in [5, 5.41) is 0. The summed E-state index contributed by atoms with van der Waals surface area (Å²) in [5.74, 6) is 0.932. The molecule has 1 unspecified atom stereocenters. The second kappa shape index (κ2) is 10.0. The summed E-state index contributed by atoms with van der Waals surface area (Å²) in [5.41, 5.74) is 4.65. The molecule has 5 nitrogen and oxygen atoms in total. The van der Waals surface area contributed by atoms with Gasteiger partial charge in [-0.2, -0.15) is 0 Å². The molecule has 25 heavy (non-hydrogen) atoms. The lowest BCUT2D eigenvalue weighted by Gasteiger charge is -2.24. The molecule has 1 rings (SSSR count). The first kappa shape index (κ1) is 26.0. The van der Waals surface area contributed by atoms with Crippen LogP contribution in [0.25, 0.3) is 0 Å². The molecular formula is C20H42N2O3. The fourth-order valence-electron chi connectivity index (χ4n) is 2.35. The summed E-state index contributed by atoms with van der Waals surface area (Å²) in [4.78, 5) is 24.1. The lowest BCUT2D eigenvalue weighted by atomic mass is 9.84. The van der Waals surface area contributed by atoms with Crippen LogP contribution in [0.4, 0.5) is 4.79 Å². The number of carbonyl (C=O) groups excluding carboxylic acids is 2. The maximum Gasteiger partial charge on any atom is 0.405 e. The summed E-state index contributed by atoms with van der Waals surface area (Å²) in [6.45, 7) is 24.2. The van der Waals surface area contributed by atoms with Gasteiger partial charge in [-0.05, 0) is 37.5 Å². The number of rotatable bonds is 1. The normalized spacial score (nSPS) is 19.2. The molecule has 0 saturated carbocycles. The van der Waals surface area contributed by atoms with Crippen LogP contribution in [0.5, 0.6) is 0 Å². The third-order valence-corrected chi connectivity index (χ3v) is 3.87. The maximum absolute atomic E-state index is 12.0. The molecule has 1 saturated heterocycles. The molecule has 0 aliphatic carbocycles. The second-order valence-corrected chi connectivity index (χ2v) is 9.43. The Kier molecular flexibility index (Phi) is 10.4. The molecular weight excluding hydrogens is 316 g/mol. The Labute approximate surface area is 155 Å². The Balaban J connectivity index is 0. The van der Waals surface area contributed by atoms with Crippen LogP contribution in [0.2, 0.25) is 0 Å². The maximum atomic E-state index is 12.0. The Bertz CT molecular complexity index is 418. The van der Waals surface area contributed by atoms with E-state index in [9.17, 15) is 9.59 Å². The molecule has 1 aliphatic heterocycles. The first-order valence-corrected chi connectivity index (χ1v) is 9.30. The molecule has 150 valence electrons. The van der Waals surface area contributed by atoms with Crippen molar-refractivity contribution in [2.24, 2.45) is 22.5 Å². The van der Waals surface area contributed by atoms with Gasteiger partial charge in [-0.3, -0.25) is 4.79 Å².